The Hall–Kier alpha value is -2.62. The Morgan fingerprint density at radius 2 is 1.76 bits per heavy atom. The second kappa shape index (κ2) is 8.47. The first kappa shape index (κ1) is 18.7. The number of hydrogen-bond donors (Lipinski definition) is 0. The first-order chi connectivity index (χ1) is 11.9. The Morgan fingerprint density at radius 3 is 2.20 bits per heavy atom. The summed E-state index contributed by atoms with van der Waals surface area (Å²) in [6.07, 6.45) is 5.55. The molecule has 2 aromatic rings. The molecule has 0 atom stereocenters. The SMILES string of the molecule is CCc1cccc(C)c1N(C)C.O=[N+]([O-])c1ccc(C=C2CC2)cc1. The quantitative estimate of drug-likeness (QED) is 0.554. The predicted molar refractivity (Wildman–Crippen MR) is 105 cm³/mol. The van der Waals surface area contributed by atoms with Gasteiger partial charge in [-0.1, -0.05) is 36.8 Å². The third-order valence-corrected chi connectivity index (χ3v) is 4.16. The molecule has 0 amide bonds. The zero-order valence-corrected chi connectivity index (χ0v) is 15.5. The van der Waals surface area contributed by atoms with E-state index >= 15 is 0 Å². The molecule has 132 valence electrons. The van der Waals surface area contributed by atoms with Gasteiger partial charge in [-0.2, -0.15) is 0 Å². The topological polar surface area (TPSA) is 46.4 Å². The van der Waals surface area contributed by atoms with Crippen LogP contribution in [0.1, 0.15) is 36.5 Å². The van der Waals surface area contributed by atoms with Gasteiger partial charge in [-0.05, 0) is 55.0 Å². The number of benzene rings is 2. The van der Waals surface area contributed by atoms with E-state index in [1.807, 2.05) is 0 Å². The van der Waals surface area contributed by atoms with Crippen LogP contribution in [0.3, 0.4) is 0 Å². The van der Waals surface area contributed by atoms with E-state index in [-0.39, 0.29) is 10.6 Å². The summed E-state index contributed by atoms with van der Waals surface area (Å²) in [5.74, 6) is 0. The van der Waals surface area contributed by atoms with Crippen molar-refractivity contribution < 1.29 is 4.92 Å². The number of para-hydroxylation sites is 1. The number of rotatable bonds is 4. The lowest BCUT2D eigenvalue weighted by Crippen LogP contribution is -2.12. The minimum Gasteiger partial charge on any atom is -0.377 e. The summed E-state index contributed by atoms with van der Waals surface area (Å²) in [6.45, 7) is 4.36. The van der Waals surface area contributed by atoms with Crippen molar-refractivity contribution in [3.8, 4) is 0 Å². The van der Waals surface area contributed by atoms with Crippen LogP contribution in [0.2, 0.25) is 0 Å². The van der Waals surface area contributed by atoms with Crippen LogP contribution >= 0.6 is 0 Å². The molecule has 0 N–H and O–H groups in total. The van der Waals surface area contributed by atoms with E-state index in [2.05, 4.69) is 57.1 Å². The normalized spacial score (nSPS) is 12.1. The fraction of sp³-hybridized carbons (Fsp3) is 0.333. The molecule has 0 saturated heterocycles. The van der Waals surface area contributed by atoms with Gasteiger partial charge in [0, 0.05) is 31.9 Å². The molecule has 4 nitrogen and oxygen atoms in total. The maximum absolute atomic E-state index is 10.3. The van der Waals surface area contributed by atoms with E-state index in [0.29, 0.717) is 0 Å². The first-order valence-corrected chi connectivity index (χ1v) is 8.62. The van der Waals surface area contributed by atoms with Gasteiger partial charge in [-0.25, -0.2) is 0 Å². The number of non-ortho nitro benzene ring substituents is 1. The van der Waals surface area contributed by atoms with E-state index in [9.17, 15) is 10.1 Å². The molecule has 25 heavy (non-hydrogen) atoms. The Morgan fingerprint density at radius 1 is 1.12 bits per heavy atom. The van der Waals surface area contributed by atoms with Crippen LogP contribution in [0.4, 0.5) is 11.4 Å². The lowest BCUT2D eigenvalue weighted by Gasteiger charge is -2.19. The van der Waals surface area contributed by atoms with Crippen molar-refractivity contribution in [1.82, 2.24) is 0 Å². The van der Waals surface area contributed by atoms with E-state index < -0.39 is 0 Å². The van der Waals surface area contributed by atoms with Gasteiger partial charge in [0.25, 0.3) is 5.69 Å². The van der Waals surface area contributed by atoms with Crippen molar-refractivity contribution in [2.75, 3.05) is 19.0 Å². The molecule has 4 heteroatoms. The summed E-state index contributed by atoms with van der Waals surface area (Å²) in [5.41, 5.74) is 6.80. The third-order valence-electron chi connectivity index (χ3n) is 4.16. The fourth-order valence-corrected chi connectivity index (χ4v) is 2.79. The van der Waals surface area contributed by atoms with Crippen LogP contribution in [-0.2, 0) is 6.42 Å². The van der Waals surface area contributed by atoms with Crippen molar-refractivity contribution in [2.45, 2.75) is 33.1 Å². The van der Waals surface area contributed by atoms with Crippen LogP contribution in [-0.4, -0.2) is 19.0 Å². The van der Waals surface area contributed by atoms with Crippen molar-refractivity contribution in [2.24, 2.45) is 0 Å². The van der Waals surface area contributed by atoms with Gasteiger partial charge in [-0.15, -0.1) is 0 Å². The Labute approximate surface area is 149 Å². The van der Waals surface area contributed by atoms with Gasteiger partial charge in [0.1, 0.15) is 0 Å². The second-order valence-corrected chi connectivity index (χ2v) is 6.48. The standard InChI is InChI=1S/C11H17N.C10H9NO2/c1-5-10-8-6-7-9(2)11(10)12(3)4;12-11(13)10-5-3-9(4-6-10)7-8-1-2-8/h6-8H,5H2,1-4H3;3-7H,1-2H2. The highest BCUT2D eigenvalue weighted by molar-refractivity contribution is 5.58. The fourth-order valence-electron chi connectivity index (χ4n) is 2.79. The van der Waals surface area contributed by atoms with Crippen LogP contribution in [0, 0.1) is 17.0 Å². The Balaban J connectivity index is 0.000000181. The summed E-state index contributed by atoms with van der Waals surface area (Å²) in [4.78, 5) is 12.1. The minimum absolute atomic E-state index is 0.151. The molecule has 0 spiro atoms. The van der Waals surface area contributed by atoms with E-state index in [1.165, 1.54) is 47.4 Å². The summed E-state index contributed by atoms with van der Waals surface area (Å²) in [7, 11) is 4.20. The molecule has 0 aliphatic heterocycles. The van der Waals surface area contributed by atoms with Gasteiger partial charge >= 0.3 is 0 Å². The number of nitro groups is 1. The van der Waals surface area contributed by atoms with Gasteiger partial charge in [0.05, 0.1) is 4.92 Å². The highest BCUT2D eigenvalue weighted by Crippen LogP contribution is 2.30. The van der Waals surface area contributed by atoms with Gasteiger partial charge in [0.15, 0.2) is 0 Å². The summed E-state index contributed by atoms with van der Waals surface area (Å²) in [6, 6.07) is 13.1. The lowest BCUT2D eigenvalue weighted by molar-refractivity contribution is -0.384. The second-order valence-electron chi connectivity index (χ2n) is 6.48. The summed E-state index contributed by atoms with van der Waals surface area (Å²) in [5, 5.41) is 10.3. The number of hydrogen-bond acceptors (Lipinski definition) is 3. The minimum atomic E-state index is -0.381. The lowest BCUT2D eigenvalue weighted by atomic mass is 10.1. The van der Waals surface area contributed by atoms with Crippen LogP contribution in [0.5, 0.6) is 0 Å². The molecule has 0 heterocycles. The van der Waals surface area contributed by atoms with Crippen LogP contribution in [0.15, 0.2) is 48.0 Å². The number of nitro benzene ring substituents is 1. The maximum Gasteiger partial charge on any atom is 0.269 e. The van der Waals surface area contributed by atoms with Crippen molar-refractivity contribution in [3.63, 3.8) is 0 Å². The molecule has 0 bridgehead atoms. The molecule has 0 unspecified atom stereocenters. The average Bonchev–Trinajstić information content (AvgIpc) is 3.39. The summed E-state index contributed by atoms with van der Waals surface area (Å²) < 4.78 is 0. The molecular weight excluding hydrogens is 312 g/mol. The molecule has 1 saturated carbocycles. The first-order valence-electron chi connectivity index (χ1n) is 8.62. The van der Waals surface area contributed by atoms with Crippen molar-refractivity contribution in [1.29, 1.82) is 0 Å². The molecule has 0 aromatic heterocycles. The number of nitrogens with zero attached hydrogens (tertiary/aromatic N) is 2. The number of aryl methyl sites for hydroxylation is 2. The smallest absolute Gasteiger partial charge is 0.269 e. The monoisotopic (exact) mass is 338 g/mol. The van der Waals surface area contributed by atoms with Gasteiger partial charge in [-0.3, -0.25) is 10.1 Å². The third kappa shape index (κ3) is 5.45. The zero-order chi connectivity index (χ0) is 18.4. The Kier molecular flexibility index (Phi) is 6.34. The van der Waals surface area contributed by atoms with Gasteiger partial charge in [0.2, 0.25) is 0 Å². The van der Waals surface area contributed by atoms with Crippen molar-refractivity contribution >= 4 is 17.5 Å². The molecular formula is C21H26N2O2. The average molecular weight is 338 g/mol. The zero-order valence-electron chi connectivity index (χ0n) is 15.5. The van der Waals surface area contributed by atoms with Crippen LogP contribution < -0.4 is 4.90 Å². The van der Waals surface area contributed by atoms with E-state index in [4.69, 9.17) is 0 Å². The molecule has 1 aliphatic rings. The molecule has 1 aliphatic carbocycles. The van der Waals surface area contributed by atoms with Gasteiger partial charge < -0.3 is 4.90 Å². The van der Waals surface area contributed by atoms with E-state index in [1.54, 1.807) is 12.1 Å². The molecule has 2 aromatic carbocycles. The molecule has 3 rings (SSSR count). The maximum atomic E-state index is 10.3. The molecule has 0 radical (unpaired) electrons. The molecule has 1 fully saturated rings. The Bertz CT molecular complexity index is 756. The summed E-state index contributed by atoms with van der Waals surface area (Å²) >= 11 is 0. The highest BCUT2D eigenvalue weighted by atomic mass is 16.6. The van der Waals surface area contributed by atoms with Crippen LogP contribution in [0.25, 0.3) is 6.08 Å². The van der Waals surface area contributed by atoms with Crippen molar-refractivity contribution in [3.05, 3.63) is 74.8 Å². The van der Waals surface area contributed by atoms with E-state index in [0.717, 1.165) is 12.0 Å². The highest BCUT2D eigenvalue weighted by Gasteiger charge is 2.10. The largest absolute Gasteiger partial charge is 0.377 e. The number of anilines is 1. The number of allylic oxidation sites excluding steroid dienone is 1. The predicted octanol–water partition coefficient (Wildman–Crippen LogP) is 5.40.